The number of nitrogens with one attached hydrogen (secondary N) is 1. The summed E-state index contributed by atoms with van der Waals surface area (Å²) in [6.07, 6.45) is 1.51. The summed E-state index contributed by atoms with van der Waals surface area (Å²) in [6, 6.07) is 3.75. The van der Waals surface area contributed by atoms with Gasteiger partial charge in [0.1, 0.15) is 0 Å². The molecule has 0 bridgehead atoms. The SMILES string of the molecule is CCc1cc(Cl)cc(CC)c1NC(=O)c1c(C)nc(C)c(OC)c1Cl. The zero-order valence-corrected chi connectivity index (χ0v) is 16.6. The number of pyridine rings is 1. The number of benzene rings is 1. The number of carbonyl (C=O) groups excluding carboxylic acids is 1. The molecule has 0 aliphatic heterocycles. The van der Waals surface area contributed by atoms with Crippen molar-refractivity contribution in [3.8, 4) is 5.75 Å². The van der Waals surface area contributed by atoms with Gasteiger partial charge in [-0.25, -0.2) is 0 Å². The highest BCUT2D eigenvalue weighted by Crippen LogP contribution is 2.34. The fourth-order valence-electron chi connectivity index (χ4n) is 2.91. The summed E-state index contributed by atoms with van der Waals surface area (Å²) in [4.78, 5) is 17.3. The Bertz CT molecular complexity index is 795. The van der Waals surface area contributed by atoms with E-state index in [1.807, 2.05) is 26.0 Å². The van der Waals surface area contributed by atoms with Crippen LogP contribution in [-0.2, 0) is 12.8 Å². The van der Waals surface area contributed by atoms with Crippen molar-refractivity contribution >= 4 is 34.8 Å². The first-order valence-electron chi connectivity index (χ1n) is 8.17. The van der Waals surface area contributed by atoms with Crippen LogP contribution in [0.5, 0.6) is 5.75 Å². The summed E-state index contributed by atoms with van der Waals surface area (Å²) >= 11 is 12.6. The second-order valence-corrected chi connectivity index (χ2v) is 6.58. The number of hydrogen-bond donors (Lipinski definition) is 1. The van der Waals surface area contributed by atoms with Gasteiger partial charge in [0.15, 0.2) is 5.75 Å². The average Bonchev–Trinajstić information content (AvgIpc) is 2.55. The van der Waals surface area contributed by atoms with Crippen LogP contribution in [-0.4, -0.2) is 18.0 Å². The van der Waals surface area contributed by atoms with E-state index in [4.69, 9.17) is 27.9 Å². The zero-order valence-electron chi connectivity index (χ0n) is 15.1. The van der Waals surface area contributed by atoms with Crippen LogP contribution < -0.4 is 10.1 Å². The Balaban J connectivity index is 2.52. The lowest BCUT2D eigenvalue weighted by Crippen LogP contribution is -2.18. The number of methoxy groups -OCH3 is 1. The number of carbonyl (C=O) groups is 1. The summed E-state index contributed by atoms with van der Waals surface area (Å²) in [7, 11) is 1.51. The van der Waals surface area contributed by atoms with Crippen molar-refractivity contribution in [3.05, 3.63) is 50.3 Å². The van der Waals surface area contributed by atoms with Gasteiger partial charge in [-0.05, 0) is 49.9 Å². The Labute approximate surface area is 158 Å². The summed E-state index contributed by atoms with van der Waals surface area (Å²) in [6.45, 7) is 7.60. The van der Waals surface area contributed by atoms with Gasteiger partial charge in [0.2, 0.25) is 0 Å². The lowest BCUT2D eigenvalue weighted by molar-refractivity contribution is 0.102. The number of hydrogen-bond acceptors (Lipinski definition) is 3. The summed E-state index contributed by atoms with van der Waals surface area (Å²) < 4.78 is 5.29. The normalized spacial score (nSPS) is 10.7. The van der Waals surface area contributed by atoms with Crippen LogP contribution in [0.25, 0.3) is 0 Å². The maximum atomic E-state index is 12.9. The van der Waals surface area contributed by atoms with Crippen LogP contribution in [0.4, 0.5) is 5.69 Å². The van der Waals surface area contributed by atoms with Gasteiger partial charge in [-0.15, -0.1) is 0 Å². The number of aromatic nitrogens is 1. The molecule has 0 unspecified atom stereocenters. The van der Waals surface area contributed by atoms with E-state index in [0.29, 0.717) is 27.7 Å². The van der Waals surface area contributed by atoms with Crippen LogP contribution in [0, 0.1) is 13.8 Å². The van der Waals surface area contributed by atoms with Gasteiger partial charge in [0, 0.05) is 10.7 Å². The maximum Gasteiger partial charge on any atom is 0.259 e. The number of ether oxygens (including phenoxy) is 1. The van der Waals surface area contributed by atoms with Crippen molar-refractivity contribution in [2.45, 2.75) is 40.5 Å². The van der Waals surface area contributed by atoms with Crippen LogP contribution >= 0.6 is 23.2 Å². The molecule has 0 aliphatic rings. The highest BCUT2D eigenvalue weighted by molar-refractivity contribution is 6.36. The number of aryl methyl sites for hydroxylation is 4. The van der Waals surface area contributed by atoms with Crippen molar-refractivity contribution in [1.82, 2.24) is 4.98 Å². The molecule has 0 saturated carbocycles. The highest BCUT2D eigenvalue weighted by atomic mass is 35.5. The molecule has 0 aliphatic carbocycles. The summed E-state index contributed by atoms with van der Waals surface area (Å²) in [5.74, 6) is 0.111. The molecular weight excluding hydrogens is 359 g/mol. The van der Waals surface area contributed by atoms with Gasteiger partial charge < -0.3 is 10.1 Å². The molecule has 0 fully saturated rings. The molecule has 25 heavy (non-hydrogen) atoms. The minimum Gasteiger partial charge on any atom is -0.493 e. The second kappa shape index (κ2) is 8.07. The van der Waals surface area contributed by atoms with E-state index in [-0.39, 0.29) is 10.9 Å². The monoisotopic (exact) mass is 380 g/mol. The molecule has 1 aromatic heterocycles. The van der Waals surface area contributed by atoms with E-state index in [0.717, 1.165) is 29.7 Å². The summed E-state index contributed by atoms with van der Waals surface area (Å²) in [5, 5.41) is 3.94. The average molecular weight is 381 g/mol. The van der Waals surface area contributed by atoms with Gasteiger partial charge in [0.25, 0.3) is 5.91 Å². The number of nitrogens with zero attached hydrogens (tertiary/aromatic N) is 1. The fraction of sp³-hybridized carbons (Fsp3) is 0.368. The predicted molar refractivity (Wildman–Crippen MR) is 103 cm³/mol. The van der Waals surface area contributed by atoms with E-state index in [1.54, 1.807) is 13.8 Å². The molecule has 1 N–H and O–H groups in total. The third-order valence-corrected chi connectivity index (χ3v) is 4.72. The first-order chi connectivity index (χ1) is 11.8. The molecule has 1 aromatic carbocycles. The predicted octanol–water partition coefficient (Wildman–Crippen LogP) is 5.39. The van der Waals surface area contributed by atoms with Crippen LogP contribution in [0.15, 0.2) is 12.1 Å². The van der Waals surface area contributed by atoms with Crippen molar-refractivity contribution in [2.24, 2.45) is 0 Å². The Hall–Kier alpha value is -1.78. The van der Waals surface area contributed by atoms with Gasteiger partial charge >= 0.3 is 0 Å². The van der Waals surface area contributed by atoms with Crippen LogP contribution in [0.1, 0.15) is 46.7 Å². The number of rotatable bonds is 5. The van der Waals surface area contributed by atoms with Crippen LogP contribution in [0.3, 0.4) is 0 Å². The first kappa shape index (κ1) is 19.5. The quantitative estimate of drug-likeness (QED) is 0.755. The molecule has 0 atom stereocenters. The maximum absolute atomic E-state index is 12.9. The Morgan fingerprint density at radius 1 is 1.12 bits per heavy atom. The Kier molecular flexibility index (Phi) is 6.31. The van der Waals surface area contributed by atoms with E-state index < -0.39 is 0 Å². The standard InChI is InChI=1S/C19H22Cl2N2O2/c1-6-12-8-14(20)9-13(7-2)17(12)23-19(24)15-10(3)22-11(4)18(25-5)16(15)21/h8-9H,6-7H2,1-5H3,(H,23,24). The van der Waals surface area contributed by atoms with Gasteiger partial charge in [-0.3, -0.25) is 9.78 Å². The molecular formula is C19H22Cl2N2O2. The van der Waals surface area contributed by atoms with Crippen molar-refractivity contribution in [2.75, 3.05) is 12.4 Å². The molecule has 2 aromatic rings. The minimum absolute atomic E-state index is 0.273. The second-order valence-electron chi connectivity index (χ2n) is 5.77. The first-order valence-corrected chi connectivity index (χ1v) is 8.92. The smallest absolute Gasteiger partial charge is 0.259 e. The molecule has 0 radical (unpaired) electrons. The number of halogens is 2. The molecule has 1 heterocycles. The van der Waals surface area contributed by atoms with Gasteiger partial charge in [-0.2, -0.15) is 0 Å². The molecule has 6 heteroatoms. The topological polar surface area (TPSA) is 51.2 Å². The Morgan fingerprint density at radius 2 is 1.68 bits per heavy atom. The molecule has 4 nitrogen and oxygen atoms in total. The van der Waals surface area contributed by atoms with Gasteiger partial charge in [0.05, 0.1) is 29.1 Å². The van der Waals surface area contributed by atoms with E-state index in [9.17, 15) is 4.79 Å². The zero-order chi connectivity index (χ0) is 18.7. The fourth-order valence-corrected chi connectivity index (χ4v) is 3.61. The van der Waals surface area contributed by atoms with E-state index >= 15 is 0 Å². The van der Waals surface area contributed by atoms with Crippen molar-refractivity contribution in [1.29, 1.82) is 0 Å². The van der Waals surface area contributed by atoms with Gasteiger partial charge in [-0.1, -0.05) is 37.0 Å². The molecule has 0 saturated heterocycles. The summed E-state index contributed by atoms with van der Waals surface area (Å²) in [5.41, 5.74) is 4.29. The molecule has 1 amide bonds. The number of anilines is 1. The lowest BCUT2D eigenvalue weighted by atomic mass is 10.0. The lowest BCUT2D eigenvalue weighted by Gasteiger charge is -2.17. The van der Waals surface area contributed by atoms with Crippen LogP contribution in [0.2, 0.25) is 10.0 Å². The molecule has 134 valence electrons. The third kappa shape index (κ3) is 3.91. The minimum atomic E-state index is -0.306. The largest absolute Gasteiger partial charge is 0.493 e. The third-order valence-electron chi connectivity index (χ3n) is 4.14. The highest BCUT2D eigenvalue weighted by Gasteiger charge is 2.22. The Morgan fingerprint density at radius 3 is 2.16 bits per heavy atom. The number of amides is 1. The van der Waals surface area contributed by atoms with Crippen molar-refractivity contribution in [3.63, 3.8) is 0 Å². The van der Waals surface area contributed by atoms with Crippen molar-refractivity contribution < 1.29 is 9.53 Å². The van der Waals surface area contributed by atoms with E-state index in [1.165, 1.54) is 7.11 Å². The van der Waals surface area contributed by atoms with E-state index in [2.05, 4.69) is 10.3 Å². The molecule has 0 spiro atoms. The molecule has 2 rings (SSSR count).